The van der Waals surface area contributed by atoms with Gasteiger partial charge in [-0.05, 0) is 23.3 Å². The van der Waals surface area contributed by atoms with Gasteiger partial charge in [0.1, 0.15) is 18.4 Å². The molecule has 0 bridgehead atoms. The molecule has 1 aliphatic rings. The van der Waals surface area contributed by atoms with E-state index in [4.69, 9.17) is 9.84 Å². The van der Waals surface area contributed by atoms with Crippen LogP contribution >= 0.6 is 0 Å². The highest BCUT2D eigenvalue weighted by atomic mass is 32.2. The van der Waals surface area contributed by atoms with Gasteiger partial charge in [-0.3, -0.25) is 9.59 Å². The number of amides is 2. The highest BCUT2D eigenvalue weighted by molar-refractivity contribution is 7.88. The second-order valence-corrected chi connectivity index (χ2v) is 9.41. The Bertz CT molecular complexity index is 1200. The summed E-state index contributed by atoms with van der Waals surface area (Å²) in [5, 5.41) is 11.5. The molecule has 1 atom stereocenters. The van der Waals surface area contributed by atoms with Gasteiger partial charge in [0, 0.05) is 19.5 Å². The molecule has 3 rings (SSSR count). The van der Waals surface area contributed by atoms with E-state index in [2.05, 4.69) is 9.50 Å². The van der Waals surface area contributed by atoms with Crippen LogP contribution in [0.3, 0.4) is 0 Å². The Labute approximate surface area is 203 Å². The van der Waals surface area contributed by atoms with Crippen molar-refractivity contribution in [1.82, 2.24) is 10.2 Å². The third-order valence-electron chi connectivity index (χ3n) is 5.20. The molecule has 0 spiro atoms. The number of aliphatic carboxylic acids is 1. The normalized spacial score (nSPS) is 14.9. The fourth-order valence-corrected chi connectivity index (χ4v) is 3.69. The first-order valence-electron chi connectivity index (χ1n) is 10.4. The van der Waals surface area contributed by atoms with E-state index < -0.39 is 51.3 Å². The summed E-state index contributed by atoms with van der Waals surface area (Å²) in [6, 6.07) is 11.9. The van der Waals surface area contributed by atoms with Crippen molar-refractivity contribution < 1.29 is 50.0 Å². The molecular weight excluding hydrogens is 509 g/mol. The number of nitrogens with one attached hydrogen (secondary N) is 1. The summed E-state index contributed by atoms with van der Waals surface area (Å²) in [6.07, 6.45) is -1.05. The summed E-state index contributed by atoms with van der Waals surface area (Å²) >= 11 is 0. The van der Waals surface area contributed by atoms with Gasteiger partial charge in [0.15, 0.2) is 0 Å². The zero-order chi connectivity index (χ0) is 26.5. The molecule has 2 aromatic carbocycles. The van der Waals surface area contributed by atoms with Crippen LogP contribution in [-0.2, 0) is 37.5 Å². The lowest BCUT2D eigenvalue weighted by atomic mass is 9.97. The van der Waals surface area contributed by atoms with Crippen molar-refractivity contribution >= 4 is 28.1 Å². The number of carboxylic acid groups (broad SMARTS) is 1. The third kappa shape index (κ3) is 6.87. The minimum Gasteiger partial charge on any atom is -0.481 e. The molecule has 36 heavy (non-hydrogen) atoms. The molecule has 1 aliphatic heterocycles. The Morgan fingerprint density at radius 1 is 1.03 bits per heavy atom. The SMILES string of the molecule is O=C(N[C@@H](Cc1ccc(OS(=O)(=O)C(F)(F)F)cc1)C(=O)N1CC(C(=O)O)C1)OCc1ccccc1. The first-order chi connectivity index (χ1) is 16.9. The summed E-state index contributed by atoms with van der Waals surface area (Å²) < 4.78 is 69.0. The van der Waals surface area contributed by atoms with Crippen LogP contribution in [-0.4, -0.2) is 61.0 Å². The zero-order valence-corrected chi connectivity index (χ0v) is 19.3. The zero-order valence-electron chi connectivity index (χ0n) is 18.5. The standard InChI is InChI=1S/C22H21F3N2O8S/c23-22(24,25)36(32,33)35-17-8-6-14(7-9-17)10-18(19(28)27-11-16(12-27)20(29)30)26-21(31)34-13-15-4-2-1-3-5-15/h1-9,16,18H,10-13H2,(H,26,31)(H,29,30)/t18-/m0/s1. The van der Waals surface area contributed by atoms with Gasteiger partial charge in [-0.2, -0.15) is 21.6 Å². The maximum atomic E-state index is 12.9. The first-order valence-corrected chi connectivity index (χ1v) is 11.8. The van der Waals surface area contributed by atoms with Gasteiger partial charge in [0.25, 0.3) is 0 Å². The van der Waals surface area contributed by atoms with Crippen molar-refractivity contribution in [3.05, 3.63) is 65.7 Å². The lowest BCUT2D eigenvalue weighted by Gasteiger charge is -2.38. The average Bonchev–Trinajstić information content (AvgIpc) is 2.77. The Morgan fingerprint density at radius 3 is 2.19 bits per heavy atom. The van der Waals surface area contributed by atoms with E-state index in [-0.39, 0.29) is 26.1 Å². The van der Waals surface area contributed by atoms with Crippen LogP contribution in [0.2, 0.25) is 0 Å². The summed E-state index contributed by atoms with van der Waals surface area (Å²) in [4.78, 5) is 37.5. The molecule has 1 fully saturated rings. The summed E-state index contributed by atoms with van der Waals surface area (Å²) in [6.45, 7) is -0.168. The Kier molecular flexibility index (Phi) is 8.07. The molecule has 0 unspecified atom stereocenters. The predicted molar refractivity (Wildman–Crippen MR) is 117 cm³/mol. The minimum atomic E-state index is -5.85. The van der Waals surface area contributed by atoms with Crippen molar-refractivity contribution in [2.45, 2.75) is 24.6 Å². The first kappa shape index (κ1) is 26.8. The number of nitrogens with zero attached hydrogens (tertiary/aromatic N) is 1. The number of ether oxygens (including phenoxy) is 1. The number of rotatable bonds is 9. The number of halogens is 3. The van der Waals surface area contributed by atoms with Gasteiger partial charge in [0.2, 0.25) is 5.91 Å². The summed E-state index contributed by atoms with van der Waals surface area (Å²) in [5.74, 6) is -2.97. The molecule has 1 saturated heterocycles. The number of carbonyl (C=O) groups is 3. The number of alkyl halides is 3. The number of hydrogen-bond donors (Lipinski definition) is 2. The number of benzene rings is 2. The van der Waals surface area contributed by atoms with E-state index in [0.717, 1.165) is 12.1 Å². The number of likely N-dealkylation sites (tertiary alicyclic amines) is 1. The topological polar surface area (TPSA) is 139 Å². The Balaban J connectivity index is 1.68. The maximum Gasteiger partial charge on any atom is 0.534 e. The number of carboxylic acids is 1. The van der Waals surface area contributed by atoms with Crippen molar-refractivity contribution in [1.29, 1.82) is 0 Å². The van der Waals surface area contributed by atoms with Gasteiger partial charge in [-0.25, -0.2) is 4.79 Å². The third-order valence-corrected chi connectivity index (χ3v) is 6.18. The highest BCUT2D eigenvalue weighted by Gasteiger charge is 2.48. The molecule has 10 nitrogen and oxygen atoms in total. The van der Waals surface area contributed by atoms with Crippen LogP contribution in [0.15, 0.2) is 54.6 Å². The van der Waals surface area contributed by atoms with Crippen molar-refractivity contribution in [3.8, 4) is 5.75 Å². The molecule has 0 aliphatic carbocycles. The fourth-order valence-electron chi connectivity index (χ4n) is 3.23. The molecule has 0 saturated carbocycles. The predicted octanol–water partition coefficient (Wildman–Crippen LogP) is 2.30. The van der Waals surface area contributed by atoms with E-state index >= 15 is 0 Å². The maximum absolute atomic E-state index is 12.9. The van der Waals surface area contributed by atoms with E-state index in [0.29, 0.717) is 11.1 Å². The lowest BCUT2D eigenvalue weighted by molar-refractivity contribution is -0.153. The molecule has 2 aromatic rings. The van der Waals surface area contributed by atoms with Crippen LogP contribution in [0, 0.1) is 5.92 Å². The van der Waals surface area contributed by atoms with E-state index in [1.54, 1.807) is 30.3 Å². The van der Waals surface area contributed by atoms with E-state index in [9.17, 15) is 36.0 Å². The van der Waals surface area contributed by atoms with Gasteiger partial charge in [-0.1, -0.05) is 42.5 Å². The van der Waals surface area contributed by atoms with Gasteiger partial charge in [-0.15, -0.1) is 0 Å². The van der Waals surface area contributed by atoms with Gasteiger partial charge >= 0.3 is 27.7 Å². The Morgan fingerprint density at radius 2 is 1.64 bits per heavy atom. The lowest BCUT2D eigenvalue weighted by Crippen LogP contribution is -2.59. The highest BCUT2D eigenvalue weighted by Crippen LogP contribution is 2.27. The Hall–Kier alpha value is -3.81. The van der Waals surface area contributed by atoms with E-state index in [1.807, 2.05) is 0 Å². The molecular formula is C22H21F3N2O8S. The van der Waals surface area contributed by atoms with Gasteiger partial charge < -0.3 is 24.2 Å². The number of alkyl carbamates (subject to hydrolysis) is 1. The van der Waals surface area contributed by atoms with Crippen molar-refractivity contribution in [2.75, 3.05) is 13.1 Å². The van der Waals surface area contributed by atoms with Gasteiger partial charge in [0.05, 0.1) is 5.92 Å². The van der Waals surface area contributed by atoms with Crippen LogP contribution in [0.5, 0.6) is 5.75 Å². The fraction of sp³-hybridized carbons (Fsp3) is 0.318. The summed E-state index contributed by atoms with van der Waals surface area (Å²) in [5.41, 5.74) is -4.55. The van der Waals surface area contributed by atoms with Crippen LogP contribution in [0.1, 0.15) is 11.1 Å². The van der Waals surface area contributed by atoms with E-state index in [1.165, 1.54) is 17.0 Å². The number of hydrogen-bond acceptors (Lipinski definition) is 7. The second-order valence-electron chi connectivity index (χ2n) is 7.87. The molecule has 14 heteroatoms. The monoisotopic (exact) mass is 530 g/mol. The largest absolute Gasteiger partial charge is 0.534 e. The molecule has 1 heterocycles. The van der Waals surface area contributed by atoms with Crippen LogP contribution in [0.4, 0.5) is 18.0 Å². The van der Waals surface area contributed by atoms with Crippen LogP contribution in [0.25, 0.3) is 0 Å². The quantitative estimate of drug-likeness (QED) is 0.372. The minimum absolute atomic E-state index is 0.0481. The smallest absolute Gasteiger partial charge is 0.481 e. The van der Waals surface area contributed by atoms with Crippen molar-refractivity contribution in [3.63, 3.8) is 0 Å². The molecule has 2 amide bonds. The molecule has 2 N–H and O–H groups in total. The van der Waals surface area contributed by atoms with Crippen molar-refractivity contribution in [2.24, 2.45) is 5.92 Å². The summed E-state index contributed by atoms with van der Waals surface area (Å²) in [7, 11) is -5.85. The number of carbonyl (C=O) groups excluding carboxylic acids is 2. The second kappa shape index (κ2) is 10.8. The molecule has 0 aromatic heterocycles. The molecule has 0 radical (unpaired) electrons. The molecule has 194 valence electrons. The van der Waals surface area contributed by atoms with Crippen LogP contribution < -0.4 is 9.50 Å². The average molecular weight is 530 g/mol.